The topological polar surface area (TPSA) is 67.8 Å². The fraction of sp³-hybridized carbons (Fsp3) is 0.222. The standard InChI is InChI=1S/C9H9N3O/c1-5-2-3-6-8(7(5)10)11-4-12-9(6)13/h2-4,7H,10H2,1H3. The molecule has 0 spiro atoms. The predicted molar refractivity (Wildman–Crippen MR) is 50.7 cm³/mol. The average Bonchev–Trinajstić information content (AvgIpc) is 2.12. The van der Waals surface area contributed by atoms with Crippen LogP contribution in [0.5, 0.6) is 0 Å². The number of nitrogens with zero attached hydrogens (tertiary/aromatic N) is 2. The third kappa shape index (κ3) is 1.15. The third-order valence-corrected chi connectivity index (χ3v) is 2.18. The number of rotatable bonds is 0. The Morgan fingerprint density at radius 2 is 2.23 bits per heavy atom. The summed E-state index contributed by atoms with van der Waals surface area (Å²) in [5.41, 5.74) is 7.99. The summed E-state index contributed by atoms with van der Waals surface area (Å²) < 4.78 is 0. The molecule has 1 atom stereocenters. The molecule has 2 N–H and O–H groups in total. The maximum Gasteiger partial charge on any atom is 0.280 e. The number of hydrogen-bond donors (Lipinski definition) is 1. The van der Waals surface area contributed by atoms with Crippen molar-refractivity contribution < 1.29 is 4.79 Å². The minimum absolute atomic E-state index is 0.260. The van der Waals surface area contributed by atoms with E-state index in [0.717, 1.165) is 5.57 Å². The van der Waals surface area contributed by atoms with Crippen molar-refractivity contribution in [2.75, 3.05) is 0 Å². The fourth-order valence-electron chi connectivity index (χ4n) is 1.33. The normalized spacial score (nSPS) is 26.2. The van der Waals surface area contributed by atoms with E-state index < -0.39 is 0 Å². The van der Waals surface area contributed by atoms with Crippen LogP contribution in [0.4, 0.5) is 0 Å². The van der Waals surface area contributed by atoms with Gasteiger partial charge in [-0.05, 0) is 13.0 Å². The molecule has 1 amide bonds. The van der Waals surface area contributed by atoms with E-state index in [-0.39, 0.29) is 11.9 Å². The Hall–Kier alpha value is -1.55. The van der Waals surface area contributed by atoms with E-state index in [1.54, 1.807) is 6.08 Å². The molecule has 0 saturated heterocycles. The van der Waals surface area contributed by atoms with Crippen molar-refractivity contribution in [3.63, 3.8) is 0 Å². The molecular weight excluding hydrogens is 166 g/mol. The summed E-state index contributed by atoms with van der Waals surface area (Å²) in [4.78, 5) is 18.8. The lowest BCUT2D eigenvalue weighted by Gasteiger charge is -2.21. The molecule has 1 unspecified atom stereocenters. The van der Waals surface area contributed by atoms with Crippen molar-refractivity contribution in [3.05, 3.63) is 23.3 Å². The van der Waals surface area contributed by atoms with Gasteiger partial charge >= 0.3 is 0 Å². The first-order chi connectivity index (χ1) is 6.20. The number of fused-ring (bicyclic) bond motifs is 1. The Bertz CT molecular complexity index is 388. The Morgan fingerprint density at radius 1 is 1.46 bits per heavy atom. The first-order valence-corrected chi connectivity index (χ1v) is 3.99. The lowest BCUT2D eigenvalue weighted by molar-refractivity contribution is -0.113. The summed E-state index contributed by atoms with van der Waals surface area (Å²) in [6.45, 7) is 1.91. The van der Waals surface area contributed by atoms with Crippen LogP contribution in [0.1, 0.15) is 6.92 Å². The second-order valence-corrected chi connectivity index (χ2v) is 3.03. The molecule has 66 valence electrons. The second-order valence-electron chi connectivity index (χ2n) is 3.03. The van der Waals surface area contributed by atoms with Gasteiger partial charge < -0.3 is 5.73 Å². The largest absolute Gasteiger partial charge is 0.319 e. The van der Waals surface area contributed by atoms with Crippen molar-refractivity contribution in [1.29, 1.82) is 0 Å². The summed E-state index contributed by atoms with van der Waals surface area (Å²) in [7, 11) is 0. The molecule has 4 heteroatoms. The van der Waals surface area contributed by atoms with Crippen molar-refractivity contribution in [2.45, 2.75) is 13.0 Å². The molecule has 0 fully saturated rings. The smallest absolute Gasteiger partial charge is 0.280 e. The van der Waals surface area contributed by atoms with E-state index in [4.69, 9.17) is 5.73 Å². The maximum atomic E-state index is 11.2. The lowest BCUT2D eigenvalue weighted by Crippen LogP contribution is -2.37. The number of hydrogen-bond acceptors (Lipinski definition) is 3. The quantitative estimate of drug-likeness (QED) is 0.571. The number of amides is 1. The molecule has 1 heterocycles. The van der Waals surface area contributed by atoms with Crippen LogP contribution in [0.3, 0.4) is 0 Å². The minimum atomic E-state index is -0.268. The first-order valence-electron chi connectivity index (χ1n) is 3.99. The van der Waals surface area contributed by atoms with Gasteiger partial charge in [-0.15, -0.1) is 0 Å². The number of allylic oxidation sites excluding steroid dienone is 2. The molecule has 2 rings (SSSR count). The molecule has 13 heavy (non-hydrogen) atoms. The van der Waals surface area contributed by atoms with Crippen molar-refractivity contribution in [2.24, 2.45) is 15.7 Å². The molecule has 0 aromatic rings. The predicted octanol–water partition coefficient (Wildman–Crippen LogP) is 0.210. The van der Waals surface area contributed by atoms with E-state index >= 15 is 0 Å². The molecular formula is C9H9N3O. The van der Waals surface area contributed by atoms with Crippen molar-refractivity contribution in [1.82, 2.24) is 0 Å². The Labute approximate surface area is 75.6 Å². The number of aliphatic imine (C=N–C) groups is 2. The SMILES string of the molecule is CC1=CC=C2C(=O)N=CN=C2C1N. The van der Waals surface area contributed by atoms with Gasteiger partial charge in [0.1, 0.15) is 6.34 Å². The van der Waals surface area contributed by atoms with Gasteiger partial charge in [0.2, 0.25) is 0 Å². The highest BCUT2D eigenvalue weighted by atomic mass is 16.1. The van der Waals surface area contributed by atoms with Gasteiger partial charge in [0, 0.05) is 0 Å². The van der Waals surface area contributed by atoms with E-state index in [9.17, 15) is 4.79 Å². The Kier molecular flexibility index (Phi) is 1.70. The van der Waals surface area contributed by atoms with Crippen LogP contribution in [0, 0.1) is 0 Å². The summed E-state index contributed by atoms with van der Waals surface area (Å²) >= 11 is 0. The van der Waals surface area contributed by atoms with Gasteiger partial charge in [-0.2, -0.15) is 4.99 Å². The molecule has 0 radical (unpaired) electrons. The maximum absolute atomic E-state index is 11.2. The zero-order valence-corrected chi connectivity index (χ0v) is 7.19. The van der Waals surface area contributed by atoms with Crippen LogP contribution in [0.2, 0.25) is 0 Å². The molecule has 0 bridgehead atoms. The summed E-state index contributed by atoms with van der Waals surface area (Å²) in [5, 5.41) is 0. The van der Waals surface area contributed by atoms with Crippen LogP contribution < -0.4 is 5.73 Å². The lowest BCUT2D eigenvalue weighted by atomic mass is 9.92. The number of nitrogens with two attached hydrogens (primary N) is 1. The van der Waals surface area contributed by atoms with E-state index in [1.165, 1.54) is 6.34 Å². The Morgan fingerprint density at radius 3 is 3.00 bits per heavy atom. The minimum Gasteiger partial charge on any atom is -0.319 e. The van der Waals surface area contributed by atoms with E-state index in [1.807, 2.05) is 13.0 Å². The highest BCUT2D eigenvalue weighted by Crippen LogP contribution is 2.18. The van der Waals surface area contributed by atoms with Gasteiger partial charge in [0.25, 0.3) is 5.91 Å². The van der Waals surface area contributed by atoms with Crippen molar-refractivity contribution >= 4 is 18.0 Å². The molecule has 1 aliphatic heterocycles. The highest BCUT2D eigenvalue weighted by molar-refractivity contribution is 6.29. The van der Waals surface area contributed by atoms with Crippen LogP contribution in [0.15, 0.2) is 33.3 Å². The third-order valence-electron chi connectivity index (χ3n) is 2.18. The van der Waals surface area contributed by atoms with E-state index in [2.05, 4.69) is 9.98 Å². The van der Waals surface area contributed by atoms with Crippen LogP contribution >= 0.6 is 0 Å². The molecule has 4 nitrogen and oxygen atoms in total. The summed E-state index contributed by atoms with van der Waals surface area (Å²) in [6, 6.07) is -0.268. The number of carbonyl (C=O) groups excluding carboxylic acids is 1. The van der Waals surface area contributed by atoms with Gasteiger partial charge in [0.15, 0.2) is 0 Å². The zero-order chi connectivity index (χ0) is 9.42. The zero-order valence-electron chi connectivity index (χ0n) is 7.19. The van der Waals surface area contributed by atoms with Crippen LogP contribution in [-0.4, -0.2) is 24.0 Å². The second kappa shape index (κ2) is 2.74. The van der Waals surface area contributed by atoms with Gasteiger partial charge in [-0.25, -0.2) is 4.99 Å². The van der Waals surface area contributed by atoms with Crippen LogP contribution in [0.25, 0.3) is 0 Å². The monoisotopic (exact) mass is 175 g/mol. The fourth-order valence-corrected chi connectivity index (χ4v) is 1.33. The van der Waals surface area contributed by atoms with Crippen LogP contribution in [-0.2, 0) is 4.79 Å². The molecule has 0 saturated carbocycles. The summed E-state index contributed by atoms with van der Waals surface area (Å²) in [6.07, 6.45) is 4.81. The average molecular weight is 175 g/mol. The molecule has 1 aliphatic carbocycles. The van der Waals surface area contributed by atoms with Gasteiger partial charge in [-0.1, -0.05) is 11.6 Å². The Balaban J connectivity index is 2.52. The highest BCUT2D eigenvalue weighted by Gasteiger charge is 2.26. The van der Waals surface area contributed by atoms with Crippen molar-refractivity contribution in [3.8, 4) is 0 Å². The number of carbonyl (C=O) groups is 1. The van der Waals surface area contributed by atoms with Gasteiger partial charge in [-0.3, -0.25) is 4.79 Å². The molecule has 0 aromatic heterocycles. The molecule has 2 aliphatic rings. The van der Waals surface area contributed by atoms with E-state index in [0.29, 0.717) is 11.3 Å². The molecule has 0 aromatic carbocycles. The van der Waals surface area contributed by atoms with Gasteiger partial charge in [0.05, 0.1) is 17.3 Å². The first kappa shape index (κ1) is 8.07. The summed E-state index contributed by atoms with van der Waals surface area (Å²) in [5.74, 6) is -0.260.